The summed E-state index contributed by atoms with van der Waals surface area (Å²) in [5, 5.41) is 5.20. The second-order valence-corrected chi connectivity index (χ2v) is 10.9. The van der Waals surface area contributed by atoms with Gasteiger partial charge in [-0.05, 0) is 73.4 Å². The Labute approximate surface area is 225 Å². The van der Waals surface area contributed by atoms with Crippen molar-refractivity contribution in [1.29, 1.82) is 0 Å². The van der Waals surface area contributed by atoms with Gasteiger partial charge in [0.15, 0.2) is 0 Å². The molecule has 0 amide bonds. The number of piperazine rings is 1. The number of benzene rings is 2. The van der Waals surface area contributed by atoms with Gasteiger partial charge in [-0.3, -0.25) is 0 Å². The van der Waals surface area contributed by atoms with Crippen molar-refractivity contribution in [1.82, 2.24) is 14.2 Å². The first-order chi connectivity index (χ1) is 18.1. The van der Waals surface area contributed by atoms with Gasteiger partial charge in [-0.1, -0.05) is 24.3 Å². The maximum atomic E-state index is 6.13. The van der Waals surface area contributed by atoms with Crippen molar-refractivity contribution in [3.05, 3.63) is 65.2 Å². The average molecular weight is 523 g/mol. The van der Waals surface area contributed by atoms with Crippen LogP contribution in [0.25, 0.3) is 6.08 Å². The molecule has 198 valence electrons. The van der Waals surface area contributed by atoms with Crippen molar-refractivity contribution in [2.24, 2.45) is 11.0 Å². The van der Waals surface area contributed by atoms with Crippen molar-refractivity contribution < 1.29 is 14.2 Å². The number of hydrazone groups is 1. The summed E-state index contributed by atoms with van der Waals surface area (Å²) < 4.78 is 19.1. The van der Waals surface area contributed by atoms with E-state index >= 15 is 0 Å². The fourth-order valence-electron chi connectivity index (χ4n) is 5.19. The summed E-state index contributed by atoms with van der Waals surface area (Å²) in [6, 6.07) is 16.7. The molecule has 37 heavy (non-hydrogen) atoms. The van der Waals surface area contributed by atoms with E-state index in [1.54, 1.807) is 14.2 Å². The topological polar surface area (TPSA) is 49.8 Å². The van der Waals surface area contributed by atoms with Crippen LogP contribution in [-0.2, 0) is 4.74 Å². The number of fused-ring (bicyclic) bond motifs is 1. The van der Waals surface area contributed by atoms with Gasteiger partial charge in [-0.15, -0.1) is 0 Å². The number of hydrogen-bond donors (Lipinski definition) is 0. The minimum atomic E-state index is 0.133. The van der Waals surface area contributed by atoms with Gasteiger partial charge in [0.1, 0.15) is 11.5 Å². The first-order valence-electron chi connectivity index (χ1n) is 13.1. The van der Waals surface area contributed by atoms with Crippen molar-refractivity contribution in [2.45, 2.75) is 12.5 Å². The molecule has 8 heteroatoms. The van der Waals surface area contributed by atoms with Crippen LogP contribution in [0.1, 0.15) is 23.6 Å². The van der Waals surface area contributed by atoms with E-state index < -0.39 is 0 Å². The van der Waals surface area contributed by atoms with Crippen molar-refractivity contribution in [3.63, 3.8) is 0 Å². The number of methoxy groups -OCH3 is 2. The number of likely N-dealkylation sites (N-methyl/N-ethyl adjacent to an activating group) is 1. The Morgan fingerprint density at radius 3 is 2.32 bits per heavy atom. The lowest BCUT2D eigenvalue weighted by molar-refractivity contribution is 0.113. The predicted molar refractivity (Wildman–Crippen MR) is 151 cm³/mol. The number of nitrogens with zero attached hydrogens (tertiary/aromatic N) is 4. The molecule has 0 aromatic heterocycles. The molecule has 0 spiro atoms. The zero-order chi connectivity index (χ0) is 25.6. The minimum absolute atomic E-state index is 0.133. The molecule has 0 bridgehead atoms. The summed E-state index contributed by atoms with van der Waals surface area (Å²) in [4.78, 5) is 4.99. The fourth-order valence-corrected chi connectivity index (χ4v) is 6.21. The number of rotatable bonds is 9. The van der Waals surface area contributed by atoms with Crippen molar-refractivity contribution in [2.75, 3.05) is 73.0 Å². The Morgan fingerprint density at radius 1 is 0.973 bits per heavy atom. The van der Waals surface area contributed by atoms with Gasteiger partial charge in [0.2, 0.25) is 0 Å². The lowest BCUT2D eigenvalue weighted by Crippen LogP contribution is -2.44. The molecule has 2 fully saturated rings. The molecule has 3 aliphatic heterocycles. The smallest absolute Gasteiger partial charge is 0.118 e. The highest BCUT2D eigenvalue weighted by molar-refractivity contribution is 7.97. The molecule has 0 N–H and O–H groups in total. The molecule has 0 radical (unpaired) electrons. The molecule has 2 atom stereocenters. The summed E-state index contributed by atoms with van der Waals surface area (Å²) in [6.07, 6.45) is 3.36. The zero-order valence-corrected chi connectivity index (χ0v) is 23.0. The third-order valence-corrected chi connectivity index (χ3v) is 8.46. The Kier molecular flexibility index (Phi) is 8.71. The normalized spacial score (nSPS) is 23.7. The average Bonchev–Trinajstić information content (AvgIpc) is 3.32. The Hall–Kier alpha value is -2.52. The van der Waals surface area contributed by atoms with Crippen LogP contribution in [0.3, 0.4) is 0 Å². The van der Waals surface area contributed by atoms with Gasteiger partial charge in [-0.25, -0.2) is 4.41 Å². The highest BCUT2D eigenvalue weighted by atomic mass is 32.2. The van der Waals surface area contributed by atoms with Crippen LogP contribution in [0.4, 0.5) is 0 Å². The van der Waals surface area contributed by atoms with Gasteiger partial charge < -0.3 is 24.0 Å². The van der Waals surface area contributed by atoms with E-state index in [0.29, 0.717) is 13.2 Å². The Balaban J connectivity index is 1.32. The lowest BCUT2D eigenvalue weighted by atomic mass is 9.86. The van der Waals surface area contributed by atoms with E-state index in [1.807, 2.05) is 36.2 Å². The van der Waals surface area contributed by atoms with Crippen molar-refractivity contribution in [3.8, 4) is 11.5 Å². The maximum Gasteiger partial charge on any atom is 0.118 e. The van der Waals surface area contributed by atoms with Gasteiger partial charge in [0.25, 0.3) is 0 Å². The summed E-state index contributed by atoms with van der Waals surface area (Å²) in [5.41, 5.74) is 4.67. The van der Waals surface area contributed by atoms with E-state index in [0.717, 1.165) is 60.2 Å². The second kappa shape index (κ2) is 12.3. The molecule has 2 saturated heterocycles. The minimum Gasteiger partial charge on any atom is -0.497 e. The van der Waals surface area contributed by atoms with E-state index in [2.05, 4.69) is 51.6 Å². The summed E-state index contributed by atoms with van der Waals surface area (Å²) in [7, 11) is 5.61. The first-order valence-corrected chi connectivity index (χ1v) is 14.1. The van der Waals surface area contributed by atoms with Crippen LogP contribution in [-0.4, -0.2) is 92.9 Å². The van der Waals surface area contributed by atoms with Gasteiger partial charge in [-0.2, -0.15) is 5.10 Å². The van der Waals surface area contributed by atoms with Gasteiger partial charge >= 0.3 is 0 Å². The number of ether oxygens (including phenoxy) is 3. The molecule has 2 aromatic carbocycles. The summed E-state index contributed by atoms with van der Waals surface area (Å²) >= 11 is 1.84. The molecule has 0 saturated carbocycles. The third kappa shape index (κ3) is 6.32. The SMILES string of the molecule is COc1ccc(C=C2COCC3C2=NN(SCCCN2CCN(C)CC2)C3c2ccc(OC)cc2)cc1. The van der Waals surface area contributed by atoms with Crippen LogP contribution in [0.15, 0.2) is 59.2 Å². The van der Waals surface area contributed by atoms with Crippen LogP contribution in [0, 0.1) is 5.92 Å². The van der Waals surface area contributed by atoms with Crippen LogP contribution < -0.4 is 9.47 Å². The molecule has 7 nitrogen and oxygen atoms in total. The maximum absolute atomic E-state index is 6.13. The quantitative estimate of drug-likeness (QED) is 0.357. The molecule has 0 aliphatic carbocycles. The van der Waals surface area contributed by atoms with Crippen LogP contribution in [0.5, 0.6) is 11.5 Å². The fraction of sp³-hybridized carbons (Fsp3) is 0.483. The summed E-state index contributed by atoms with van der Waals surface area (Å²) in [6.45, 7) is 7.07. The standard InChI is InChI=1S/C29H38N4O3S/c1-31-14-16-32(17-15-31)13-4-18-37-33-29(23-7-11-26(35-3)12-8-23)27-21-36-20-24(28(27)30-33)19-22-5-9-25(34-2)10-6-22/h5-12,19,27,29H,4,13-18,20-21H2,1-3H3. The van der Waals surface area contributed by atoms with Crippen LogP contribution >= 0.6 is 11.9 Å². The Bertz CT molecular complexity index is 1080. The van der Waals surface area contributed by atoms with E-state index in [9.17, 15) is 0 Å². The molecule has 3 aliphatic rings. The monoisotopic (exact) mass is 522 g/mol. The van der Waals surface area contributed by atoms with Crippen LogP contribution in [0.2, 0.25) is 0 Å². The predicted octanol–water partition coefficient (Wildman–Crippen LogP) is 4.43. The number of hydrogen-bond acceptors (Lipinski definition) is 8. The van der Waals surface area contributed by atoms with E-state index in [4.69, 9.17) is 19.3 Å². The zero-order valence-electron chi connectivity index (χ0n) is 22.1. The molecule has 3 heterocycles. The Morgan fingerprint density at radius 2 is 1.65 bits per heavy atom. The molecular formula is C29H38N4O3S. The van der Waals surface area contributed by atoms with E-state index in [-0.39, 0.29) is 12.0 Å². The highest BCUT2D eigenvalue weighted by Crippen LogP contribution is 2.44. The molecule has 2 unspecified atom stereocenters. The van der Waals surface area contributed by atoms with Gasteiger partial charge in [0.05, 0.1) is 45.1 Å². The second-order valence-electron chi connectivity index (χ2n) is 9.90. The first kappa shape index (κ1) is 26.1. The lowest BCUT2D eigenvalue weighted by Gasteiger charge is -2.32. The summed E-state index contributed by atoms with van der Waals surface area (Å²) in [5.74, 6) is 2.96. The third-order valence-electron chi connectivity index (χ3n) is 7.41. The largest absolute Gasteiger partial charge is 0.497 e. The molecule has 2 aromatic rings. The molecular weight excluding hydrogens is 484 g/mol. The molecule has 5 rings (SSSR count). The highest BCUT2D eigenvalue weighted by Gasteiger charge is 2.42. The van der Waals surface area contributed by atoms with E-state index in [1.165, 1.54) is 18.7 Å². The van der Waals surface area contributed by atoms with Crippen molar-refractivity contribution >= 4 is 23.7 Å². The van der Waals surface area contributed by atoms with Gasteiger partial charge in [0, 0.05) is 37.5 Å².